The Morgan fingerprint density at radius 3 is 1.15 bits per heavy atom. The Kier molecular flexibility index (Phi) is 34.9. The number of aliphatic hydroxyl groups excluding tert-OH is 3. The van der Waals surface area contributed by atoms with Crippen LogP contribution in [0.15, 0.2) is 0 Å². The van der Waals surface area contributed by atoms with Gasteiger partial charge in [0.25, 0.3) is 0 Å². The van der Waals surface area contributed by atoms with E-state index in [9.17, 15) is 93.3 Å². The molecule has 428 valence electrons. The molecule has 33 nitrogen and oxygen atoms in total. The number of amides is 12. The molecule has 0 saturated heterocycles. The maximum atomic E-state index is 13.6. The average Bonchev–Trinajstić information content (AvgIpc) is 3.34. The van der Waals surface area contributed by atoms with E-state index in [0.29, 0.717) is 10.1 Å². The molecule has 0 heterocycles. The summed E-state index contributed by atoms with van der Waals surface area (Å²) in [6.07, 6.45) is -1.07. The van der Waals surface area contributed by atoms with Crippen molar-refractivity contribution in [3.63, 3.8) is 0 Å². The first kappa shape index (κ1) is 70.4. The van der Waals surface area contributed by atoms with Crippen molar-refractivity contribution in [1.82, 2.24) is 63.0 Å². The molecule has 0 rings (SSSR count). The second-order valence-corrected chi connectivity index (χ2v) is 16.7. The van der Waals surface area contributed by atoms with Crippen molar-refractivity contribution in [1.29, 1.82) is 0 Å². The molecule has 0 aliphatic rings. The average molecular weight is 1120 g/mol. The van der Waals surface area contributed by atoms with Crippen molar-refractivity contribution in [3.05, 3.63) is 0 Å². The molecule has 34 heteroatoms. The van der Waals surface area contributed by atoms with Crippen LogP contribution >= 0.6 is 0 Å². The van der Waals surface area contributed by atoms with Gasteiger partial charge < -0.3 is 74.0 Å². The van der Waals surface area contributed by atoms with Gasteiger partial charge >= 0.3 is 5.97 Å². The number of nitrogens with one attached hydrogen (secondary N) is 9. The summed E-state index contributed by atoms with van der Waals surface area (Å²) in [5.41, 5.74) is 5.52. The predicted molar refractivity (Wildman–Crippen MR) is 248 cm³/mol. The first-order valence-electron chi connectivity index (χ1n) is 22.9. The van der Waals surface area contributed by atoms with Crippen LogP contribution in [0.4, 0.5) is 0 Å². The minimum Gasteiger partial charge on any atom is -0.480 e. The first-order valence-corrected chi connectivity index (χ1v) is 22.9. The number of hydroxylamine groups is 6. The Labute approximate surface area is 440 Å². The summed E-state index contributed by atoms with van der Waals surface area (Å²) in [6.45, 7) is -0.248. The summed E-state index contributed by atoms with van der Waals surface area (Å²) in [4.78, 5) is 163. The van der Waals surface area contributed by atoms with Gasteiger partial charge in [0, 0.05) is 57.5 Å². The second kappa shape index (κ2) is 37.1. The SMILES string of the molecule is CC(=O)N(O)CCCC(NC(=O)CNC(=O)[C@@H](CO)NC(=O)C(CCCN(O)C(C)=O)NC(=O)[C@@H](CO)NC(=O)[C@H](NC(=O)CNC(=O)C(CCCN(O)C(C)=O)NC(=O)[C@H](N)CO)C(C)C)C(=O)NCC(=O)O.[Fe]. The van der Waals surface area contributed by atoms with E-state index >= 15 is 0 Å². The van der Waals surface area contributed by atoms with Gasteiger partial charge in [-0.3, -0.25) is 78.0 Å². The maximum Gasteiger partial charge on any atom is 0.322 e. The van der Waals surface area contributed by atoms with E-state index in [1.54, 1.807) is 0 Å². The fraction of sp³-hybridized carbons (Fsp3) is 0.683. The van der Waals surface area contributed by atoms with Gasteiger partial charge in [0.1, 0.15) is 48.8 Å². The molecular formula is C41H71FeN13O20. The topological polar surface area (TPSA) is 508 Å². The van der Waals surface area contributed by atoms with Crippen LogP contribution in [0.2, 0.25) is 0 Å². The van der Waals surface area contributed by atoms with Crippen molar-refractivity contribution in [2.45, 2.75) is 115 Å². The first-order chi connectivity index (χ1) is 34.6. The number of carbonyl (C=O) groups is 13. The third-order valence-electron chi connectivity index (χ3n) is 10.3. The fourth-order valence-corrected chi connectivity index (χ4v) is 6.04. The normalized spacial score (nSPS) is 13.5. The van der Waals surface area contributed by atoms with Crippen LogP contribution in [-0.4, -0.2) is 229 Å². The minimum atomic E-state index is -1.84. The number of rotatable bonds is 35. The number of aliphatic hydroxyl groups is 3. The van der Waals surface area contributed by atoms with Crippen LogP contribution in [0, 0.1) is 5.92 Å². The van der Waals surface area contributed by atoms with E-state index < -0.39 is 171 Å². The summed E-state index contributed by atoms with van der Waals surface area (Å²) in [6, 6.07) is -11.0. The molecule has 0 aliphatic heterocycles. The predicted octanol–water partition coefficient (Wildman–Crippen LogP) is -8.66. The van der Waals surface area contributed by atoms with Crippen molar-refractivity contribution < 1.29 is 115 Å². The monoisotopic (exact) mass is 1120 g/mol. The van der Waals surface area contributed by atoms with Gasteiger partial charge in [-0.25, -0.2) is 15.2 Å². The van der Waals surface area contributed by atoms with Gasteiger partial charge in [0.2, 0.25) is 70.9 Å². The van der Waals surface area contributed by atoms with E-state index in [2.05, 4.69) is 47.9 Å². The molecule has 0 radical (unpaired) electrons. The standard InChI is InChI=1S/C41H71N13O20.Fe/c1-21(2)34(51-32(62)16-43-37(67)27(47-35(65)25(42)18-55)10-7-13-53(73)23(4)59)41(71)50-30(20-57)40(70)48-28(11-8-14-54(74)24(5)60)39(69)49-29(19-56)38(68)44-15-31(61)46-26(36(66)45-17-33(63)64)9-6-12-52(72)22(3)58;/h21,25-30,34,55-57,72-74H,6-20,42H2,1-5H3,(H,43,67)(H,44,68)(H,45,66)(H,46,61)(H,47,65)(H,48,70)(H,49,69)(H,50,71)(H,51,62)(H,63,64);/t25-,26?,27?,28?,29-,30-,34-;/m1./s1. The third kappa shape index (κ3) is 28.6. The van der Waals surface area contributed by atoms with Crippen molar-refractivity contribution in [3.8, 4) is 0 Å². The summed E-state index contributed by atoms with van der Waals surface area (Å²) >= 11 is 0. The molecular weight excluding hydrogens is 1050 g/mol. The number of hydrogen-bond donors (Lipinski definition) is 17. The molecule has 7 atom stereocenters. The van der Waals surface area contributed by atoms with Gasteiger partial charge in [-0.15, -0.1) is 0 Å². The van der Waals surface area contributed by atoms with E-state index in [1.165, 1.54) is 13.8 Å². The Morgan fingerprint density at radius 2 is 0.760 bits per heavy atom. The molecule has 0 aliphatic carbocycles. The Balaban J connectivity index is 0. The molecule has 0 spiro atoms. The minimum absolute atomic E-state index is 0. The van der Waals surface area contributed by atoms with Gasteiger partial charge in [0.15, 0.2) is 0 Å². The Hall–Kier alpha value is -6.65. The number of aliphatic carboxylic acids is 1. The zero-order valence-corrected chi connectivity index (χ0v) is 43.0. The van der Waals surface area contributed by atoms with E-state index in [1.807, 2.05) is 0 Å². The largest absolute Gasteiger partial charge is 0.480 e. The summed E-state index contributed by atoms with van der Waals surface area (Å²) in [5.74, 6) is -13.8. The molecule has 0 aromatic rings. The van der Waals surface area contributed by atoms with Crippen LogP contribution in [0.5, 0.6) is 0 Å². The van der Waals surface area contributed by atoms with Crippen LogP contribution in [0.25, 0.3) is 0 Å². The fourth-order valence-electron chi connectivity index (χ4n) is 6.04. The molecule has 0 aromatic heterocycles. The summed E-state index contributed by atoms with van der Waals surface area (Å²) < 4.78 is 0. The number of carboxylic acid groups (broad SMARTS) is 1. The van der Waals surface area contributed by atoms with Crippen molar-refractivity contribution in [2.24, 2.45) is 11.7 Å². The smallest absolute Gasteiger partial charge is 0.322 e. The van der Waals surface area contributed by atoms with Crippen LogP contribution in [-0.2, 0) is 79.4 Å². The van der Waals surface area contributed by atoms with Gasteiger partial charge in [-0.2, -0.15) is 0 Å². The molecule has 0 bridgehead atoms. The summed E-state index contributed by atoms with van der Waals surface area (Å²) in [5, 5.41) is 88.4. The maximum absolute atomic E-state index is 13.6. The molecule has 3 unspecified atom stereocenters. The zero-order valence-electron chi connectivity index (χ0n) is 41.9. The molecule has 75 heavy (non-hydrogen) atoms. The third-order valence-corrected chi connectivity index (χ3v) is 10.3. The number of hydrogen-bond acceptors (Lipinski definition) is 20. The van der Waals surface area contributed by atoms with Crippen molar-refractivity contribution >= 4 is 76.9 Å². The van der Waals surface area contributed by atoms with Crippen LogP contribution in [0.3, 0.4) is 0 Å². The Morgan fingerprint density at radius 1 is 0.440 bits per heavy atom. The quantitative estimate of drug-likeness (QED) is 0.0159. The molecule has 0 saturated carbocycles. The molecule has 0 aromatic carbocycles. The van der Waals surface area contributed by atoms with Crippen LogP contribution in [0.1, 0.15) is 73.1 Å². The number of carbonyl (C=O) groups excluding carboxylic acids is 12. The Bertz CT molecular complexity index is 1970. The van der Waals surface area contributed by atoms with E-state index in [4.69, 9.17) is 10.8 Å². The second-order valence-electron chi connectivity index (χ2n) is 16.7. The van der Waals surface area contributed by atoms with E-state index in [0.717, 1.165) is 20.8 Å². The van der Waals surface area contributed by atoms with Gasteiger partial charge in [0.05, 0.1) is 32.9 Å². The number of nitrogens with zero attached hydrogens (tertiary/aromatic N) is 3. The van der Waals surface area contributed by atoms with Gasteiger partial charge in [-0.05, 0) is 44.4 Å². The summed E-state index contributed by atoms with van der Waals surface area (Å²) in [7, 11) is 0. The van der Waals surface area contributed by atoms with Gasteiger partial charge in [-0.1, -0.05) is 13.8 Å². The van der Waals surface area contributed by atoms with E-state index in [-0.39, 0.29) is 73.9 Å². The molecule has 18 N–H and O–H groups in total. The zero-order chi connectivity index (χ0) is 56.8. The number of carboxylic acids is 1. The van der Waals surface area contributed by atoms with Crippen molar-refractivity contribution in [2.75, 3.05) is 59.1 Å². The molecule has 0 fully saturated rings. The molecule has 12 amide bonds. The van der Waals surface area contributed by atoms with Crippen LogP contribution < -0.4 is 53.6 Å². The number of nitrogens with two attached hydrogens (primary N) is 1.